The van der Waals surface area contributed by atoms with Crippen LogP contribution in [-0.2, 0) is 0 Å². The van der Waals surface area contributed by atoms with Gasteiger partial charge in [-0.15, -0.1) is 0 Å². The van der Waals surface area contributed by atoms with Crippen LogP contribution < -0.4 is 0 Å². The Hall–Kier alpha value is -0.260. The van der Waals surface area contributed by atoms with Gasteiger partial charge in [0.2, 0.25) is 0 Å². The molecule has 0 aliphatic rings. The molecule has 0 aliphatic heterocycles. The van der Waals surface area contributed by atoms with E-state index in [1.165, 1.54) is 32.1 Å². The molecule has 2 unspecified atom stereocenters. The van der Waals surface area contributed by atoms with Gasteiger partial charge in [-0.2, -0.15) is 0 Å². The summed E-state index contributed by atoms with van der Waals surface area (Å²) in [5.41, 5.74) is 1.54. The van der Waals surface area contributed by atoms with E-state index in [1.807, 2.05) is 0 Å². The highest BCUT2D eigenvalue weighted by Crippen LogP contribution is 2.21. The van der Waals surface area contributed by atoms with E-state index in [0.29, 0.717) is 0 Å². The Bertz CT molecular complexity index is 155. The predicted molar refractivity (Wildman–Crippen MR) is 66.5 cm³/mol. The quantitative estimate of drug-likeness (QED) is 0.491. The Morgan fingerprint density at radius 2 is 1.71 bits per heavy atom. The standard InChI is InChI=1S/C14H28/c1-6-8-13(4)11-14(5)10-9-12(3)7-2/h7,13-14H,6,8-11H2,1-5H3. The van der Waals surface area contributed by atoms with Gasteiger partial charge in [0.15, 0.2) is 0 Å². The molecule has 0 saturated carbocycles. The van der Waals surface area contributed by atoms with Gasteiger partial charge in [-0.3, -0.25) is 0 Å². The Kier molecular flexibility index (Phi) is 7.93. The Morgan fingerprint density at radius 3 is 2.21 bits per heavy atom. The van der Waals surface area contributed by atoms with Crippen LogP contribution in [0.15, 0.2) is 11.6 Å². The van der Waals surface area contributed by atoms with E-state index in [2.05, 4.69) is 40.7 Å². The first-order valence-corrected chi connectivity index (χ1v) is 6.21. The topological polar surface area (TPSA) is 0 Å². The fourth-order valence-electron chi connectivity index (χ4n) is 2.03. The fraction of sp³-hybridized carbons (Fsp3) is 0.857. The number of hydrogen-bond acceptors (Lipinski definition) is 0. The van der Waals surface area contributed by atoms with E-state index >= 15 is 0 Å². The van der Waals surface area contributed by atoms with E-state index < -0.39 is 0 Å². The average molecular weight is 196 g/mol. The molecule has 0 aromatic heterocycles. The van der Waals surface area contributed by atoms with Crippen molar-refractivity contribution < 1.29 is 0 Å². The molecule has 0 aromatic carbocycles. The molecule has 0 bridgehead atoms. The predicted octanol–water partition coefficient (Wildman–Crippen LogP) is 5.20. The zero-order chi connectivity index (χ0) is 11.0. The smallest absolute Gasteiger partial charge is 0.0321 e. The summed E-state index contributed by atoms with van der Waals surface area (Å²) in [6, 6.07) is 0. The lowest BCUT2D eigenvalue weighted by Gasteiger charge is -2.16. The van der Waals surface area contributed by atoms with Crippen LogP contribution in [0, 0.1) is 11.8 Å². The molecule has 0 aromatic rings. The summed E-state index contributed by atoms with van der Waals surface area (Å²) >= 11 is 0. The van der Waals surface area contributed by atoms with Crippen LogP contribution in [-0.4, -0.2) is 0 Å². The van der Waals surface area contributed by atoms with Crippen molar-refractivity contribution >= 4 is 0 Å². The molecule has 14 heavy (non-hydrogen) atoms. The van der Waals surface area contributed by atoms with Crippen molar-refractivity contribution in [2.75, 3.05) is 0 Å². The third-order valence-electron chi connectivity index (χ3n) is 3.11. The molecule has 0 saturated heterocycles. The Labute approximate surface area is 90.8 Å². The highest BCUT2D eigenvalue weighted by molar-refractivity contribution is 4.95. The molecular weight excluding hydrogens is 168 g/mol. The molecule has 0 heterocycles. The summed E-state index contributed by atoms with van der Waals surface area (Å²) in [6.45, 7) is 11.4. The van der Waals surface area contributed by atoms with Gasteiger partial charge in [0.1, 0.15) is 0 Å². The van der Waals surface area contributed by atoms with Gasteiger partial charge in [-0.1, -0.05) is 45.3 Å². The van der Waals surface area contributed by atoms with Crippen LogP contribution in [0.1, 0.15) is 66.7 Å². The average Bonchev–Trinajstić information content (AvgIpc) is 2.14. The maximum Gasteiger partial charge on any atom is -0.0321 e. The molecular formula is C14H28. The second-order valence-corrected chi connectivity index (χ2v) is 4.91. The SMILES string of the molecule is CC=C(C)CCC(C)CC(C)CCC. The van der Waals surface area contributed by atoms with Gasteiger partial charge >= 0.3 is 0 Å². The minimum absolute atomic E-state index is 0.895. The summed E-state index contributed by atoms with van der Waals surface area (Å²) in [5.74, 6) is 1.81. The summed E-state index contributed by atoms with van der Waals surface area (Å²) in [6.07, 6.45) is 9.03. The van der Waals surface area contributed by atoms with Crippen LogP contribution in [0.4, 0.5) is 0 Å². The van der Waals surface area contributed by atoms with Crippen LogP contribution in [0.2, 0.25) is 0 Å². The molecule has 0 nitrogen and oxygen atoms in total. The Morgan fingerprint density at radius 1 is 1.14 bits per heavy atom. The first-order chi connectivity index (χ1) is 6.60. The summed E-state index contributed by atoms with van der Waals surface area (Å²) in [5, 5.41) is 0. The molecule has 0 rings (SSSR count). The zero-order valence-electron chi connectivity index (χ0n) is 10.8. The van der Waals surface area contributed by atoms with Crippen molar-refractivity contribution in [3.05, 3.63) is 11.6 Å². The first-order valence-electron chi connectivity index (χ1n) is 6.21. The summed E-state index contributed by atoms with van der Waals surface area (Å²) in [4.78, 5) is 0. The lowest BCUT2D eigenvalue weighted by molar-refractivity contribution is 0.375. The lowest BCUT2D eigenvalue weighted by atomic mass is 9.90. The zero-order valence-corrected chi connectivity index (χ0v) is 10.8. The Balaban J connectivity index is 3.59. The van der Waals surface area contributed by atoms with Crippen LogP contribution >= 0.6 is 0 Å². The van der Waals surface area contributed by atoms with E-state index in [4.69, 9.17) is 0 Å². The molecule has 0 spiro atoms. The molecule has 2 atom stereocenters. The van der Waals surface area contributed by atoms with Crippen molar-refractivity contribution in [3.63, 3.8) is 0 Å². The third kappa shape index (κ3) is 7.17. The molecule has 0 heteroatoms. The van der Waals surface area contributed by atoms with E-state index in [0.717, 1.165) is 11.8 Å². The summed E-state index contributed by atoms with van der Waals surface area (Å²) < 4.78 is 0. The molecule has 84 valence electrons. The number of allylic oxidation sites excluding steroid dienone is 2. The molecule has 0 fully saturated rings. The van der Waals surface area contributed by atoms with Crippen LogP contribution in [0.25, 0.3) is 0 Å². The van der Waals surface area contributed by atoms with Crippen molar-refractivity contribution in [2.24, 2.45) is 11.8 Å². The van der Waals surface area contributed by atoms with Crippen molar-refractivity contribution in [2.45, 2.75) is 66.7 Å². The minimum atomic E-state index is 0.895. The first kappa shape index (κ1) is 13.7. The second kappa shape index (κ2) is 8.08. The van der Waals surface area contributed by atoms with E-state index in [9.17, 15) is 0 Å². The maximum absolute atomic E-state index is 2.40. The van der Waals surface area contributed by atoms with Gasteiger partial charge < -0.3 is 0 Å². The van der Waals surface area contributed by atoms with Crippen LogP contribution in [0.5, 0.6) is 0 Å². The van der Waals surface area contributed by atoms with E-state index in [1.54, 1.807) is 5.57 Å². The third-order valence-corrected chi connectivity index (χ3v) is 3.11. The normalized spacial score (nSPS) is 16.8. The number of rotatable bonds is 7. The lowest BCUT2D eigenvalue weighted by Crippen LogP contribution is -2.03. The highest BCUT2D eigenvalue weighted by Gasteiger charge is 2.07. The number of hydrogen-bond donors (Lipinski definition) is 0. The monoisotopic (exact) mass is 196 g/mol. The molecule has 0 amide bonds. The van der Waals surface area contributed by atoms with E-state index in [-0.39, 0.29) is 0 Å². The second-order valence-electron chi connectivity index (χ2n) is 4.91. The summed E-state index contributed by atoms with van der Waals surface area (Å²) in [7, 11) is 0. The fourth-order valence-corrected chi connectivity index (χ4v) is 2.03. The van der Waals surface area contributed by atoms with Crippen molar-refractivity contribution in [1.29, 1.82) is 0 Å². The molecule has 0 radical (unpaired) electrons. The van der Waals surface area contributed by atoms with Gasteiger partial charge in [0.05, 0.1) is 0 Å². The molecule has 0 aliphatic carbocycles. The van der Waals surface area contributed by atoms with Crippen molar-refractivity contribution in [1.82, 2.24) is 0 Å². The van der Waals surface area contributed by atoms with Crippen molar-refractivity contribution in [3.8, 4) is 0 Å². The van der Waals surface area contributed by atoms with Crippen LogP contribution in [0.3, 0.4) is 0 Å². The van der Waals surface area contributed by atoms with Gasteiger partial charge in [0, 0.05) is 0 Å². The highest BCUT2D eigenvalue weighted by atomic mass is 14.1. The van der Waals surface area contributed by atoms with Gasteiger partial charge in [0.25, 0.3) is 0 Å². The van der Waals surface area contributed by atoms with Gasteiger partial charge in [-0.05, 0) is 44.9 Å². The van der Waals surface area contributed by atoms with Gasteiger partial charge in [-0.25, -0.2) is 0 Å². The minimum Gasteiger partial charge on any atom is -0.0887 e. The largest absolute Gasteiger partial charge is 0.0887 e. The molecule has 0 N–H and O–H groups in total. The maximum atomic E-state index is 2.40.